The molecule has 0 atom stereocenters. The monoisotopic (exact) mass is 297 g/mol. The van der Waals surface area contributed by atoms with E-state index in [0.717, 1.165) is 10.9 Å². The van der Waals surface area contributed by atoms with Crippen LogP contribution in [0.15, 0.2) is 0 Å². The molecule has 0 fully saturated rings. The minimum absolute atomic E-state index is 0. The minimum Gasteiger partial charge on any atom is -1.00 e. The molecule has 3 nitrogen and oxygen atoms in total. The highest BCUT2D eigenvalue weighted by atomic mass is 79.9. The highest BCUT2D eigenvalue weighted by Gasteiger charge is 2.11. The van der Waals surface area contributed by atoms with Gasteiger partial charge in [0.15, 0.2) is 0 Å². The molecule has 0 spiro atoms. The molecule has 0 aliphatic heterocycles. The van der Waals surface area contributed by atoms with Gasteiger partial charge < -0.3 is 21.5 Å². The lowest BCUT2D eigenvalue weighted by atomic mass is 10.2. The van der Waals surface area contributed by atoms with Crippen molar-refractivity contribution < 1.29 is 31.2 Å². The number of quaternary nitrogens is 1. The molecular weight excluding hydrogens is 270 g/mol. The number of hydrogen-bond donors (Lipinski definition) is 0. The highest BCUT2D eigenvalue weighted by molar-refractivity contribution is 4.54. The summed E-state index contributed by atoms with van der Waals surface area (Å²) in [5.41, 5.74) is -0.192. The summed E-state index contributed by atoms with van der Waals surface area (Å²) in [5, 5.41) is 0. The normalized spacial score (nSPS) is 12.4. The molecule has 0 saturated carbocycles. The Morgan fingerprint density at radius 2 is 1.50 bits per heavy atom. The number of hydrogen-bond acceptors (Lipinski definition) is 2. The van der Waals surface area contributed by atoms with Gasteiger partial charge in [0, 0.05) is 0 Å². The average molecular weight is 298 g/mol. The standard InChI is InChI=1S/C12H28NO2.BrH/c1-12(2,3)15-14-11-9-7-8-10-13(4,5)6;/h7-11H2,1-6H3;1H/q+1;/p-1. The fraction of sp³-hybridized carbons (Fsp3) is 1.00. The molecule has 0 heterocycles. The van der Waals surface area contributed by atoms with Gasteiger partial charge in [-0.1, -0.05) is 0 Å². The summed E-state index contributed by atoms with van der Waals surface area (Å²) in [6, 6.07) is 0. The van der Waals surface area contributed by atoms with Gasteiger partial charge in [-0.2, -0.15) is 0 Å². The highest BCUT2D eigenvalue weighted by Crippen LogP contribution is 2.08. The Bertz CT molecular complexity index is 143. The second-order valence-electron chi connectivity index (χ2n) is 6.09. The zero-order valence-corrected chi connectivity index (χ0v) is 13.3. The van der Waals surface area contributed by atoms with E-state index in [0.29, 0.717) is 6.61 Å². The molecule has 0 aromatic carbocycles. The third kappa shape index (κ3) is 16.8. The number of nitrogens with zero attached hydrogens (tertiary/aromatic N) is 1. The van der Waals surface area contributed by atoms with E-state index >= 15 is 0 Å². The molecule has 0 amide bonds. The summed E-state index contributed by atoms with van der Waals surface area (Å²) in [6.45, 7) is 7.90. The molecular formula is C12H28BrNO2. The van der Waals surface area contributed by atoms with E-state index in [-0.39, 0.29) is 22.6 Å². The number of halogens is 1. The van der Waals surface area contributed by atoms with Gasteiger partial charge in [-0.05, 0) is 40.0 Å². The zero-order valence-electron chi connectivity index (χ0n) is 11.7. The summed E-state index contributed by atoms with van der Waals surface area (Å²) in [5.74, 6) is 0. The molecule has 100 valence electrons. The van der Waals surface area contributed by atoms with E-state index < -0.39 is 0 Å². The van der Waals surface area contributed by atoms with Crippen molar-refractivity contribution in [3.63, 3.8) is 0 Å². The summed E-state index contributed by atoms with van der Waals surface area (Å²) < 4.78 is 1.04. The van der Waals surface area contributed by atoms with E-state index in [1.54, 1.807) is 0 Å². The Labute approximate surface area is 111 Å². The van der Waals surface area contributed by atoms with E-state index in [1.807, 2.05) is 20.8 Å². The first-order valence-corrected chi connectivity index (χ1v) is 5.82. The molecule has 0 saturated heterocycles. The van der Waals surface area contributed by atoms with Crippen LogP contribution in [0.4, 0.5) is 0 Å². The molecule has 4 heteroatoms. The largest absolute Gasteiger partial charge is 1.00 e. The molecule has 0 aromatic rings. The fourth-order valence-electron chi connectivity index (χ4n) is 1.14. The van der Waals surface area contributed by atoms with E-state index in [4.69, 9.17) is 9.78 Å². The van der Waals surface area contributed by atoms with Crippen LogP contribution in [-0.2, 0) is 9.78 Å². The molecule has 0 aromatic heterocycles. The van der Waals surface area contributed by atoms with Crippen molar-refractivity contribution in [2.75, 3.05) is 34.3 Å². The first-order valence-electron chi connectivity index (χ1n) is 5.82. The molecule has 0 aliphatic carbocycles. The quantitative estimate of drug-likeness (QED) is 0.276. The van der Waals surface area contributed by atoms with Crippen LogP contribution in [0.1, 0.15) is 40.0 Å². The summed E-state index contributed by atoms with van der Waals surface area (Å²) >= 11 is 0. The van der Waals surface area contributed by atoms with E-state index in [9.17, 15) is 0 Å². The topological polar surface area (TPSA) is 18.5 Å². The molecule has 0 unspecified atom stereocenters. The van der Waals surface area contributed by atoms with Gasteiger partial charge in [0.25, 0.3) is 0 Å². The molecule has 0 radical (unpaired) electrons. The molecule has 16 heavy (non-hydrogen) atoms. The van der Waals surface area contributed by atoms with Crippen LogP contribution in [0, 0.1) is 0 Å². The van der Waals surface area contributed by atoms with Gasteiger partial charge in [-0.3, -0.25) is 0 Å². The first-order chi connectivity index (χ1) is 6.71. The third-order valence-corrected chi connectivity index (χ3v) is 1.87. The first kappa shape index (κ1) is 18.7. The van der Waals surface area contributed by atoms with Crippen LogP contribution in [0.25, 0.3) is 0 Å². The SMILES string of the molecule is CC(C)(C)OOCCCCC[N+](C)(C)C.[Br-]. The van der Waals surface area contributed by atoms with Crippen molar-refractivity contribution >= 4 is 0 Å². The van der Waals surface area contributed by atoms with Gasteiger partial charge in [-0.25, -0.2) is 9.78 Å². The Balaban J connectivity index is 0. The van der Waals surface area contributed by atoms with Gasteiger partial charge in [0.05, 0.1) is 39.9 Å². The van der Waals surface area contributed by atoms with Gasteiger partial charge in [0.1, 0.15) is 0 Å². The molecule has 0 N–H and O–H groups in total. The molecule has 0 aliphatic rings. The van der Waals surface area contributed by atoms with Gasteiger partial charge >= 0.3 is 0 Å². The summed E-state index contributed by atoms with van der Waals surface area (Å²) in [6.07, 6.45) is 3.54. The zero-order chi connectivity index (χ0) is 11.9. The average Bonchev–Trinajstić information content (AvgIpc) is 1.98. The van der Waals surface area contributed by atoms with Crippen LogP contribution in [0.2, 0.25) is 0 Å². The van der Waals surface area contributed by atoms with Gasteiger partial charge in [-0.15, -0.1) is 0 Å². The van der Waals surface area contributed by atoms with Crippen LogP contribution < -0.4 is 17.0 Å². The second kappa shape index (κ2) is 8.45. The Morgan fingerprint density at radius 1 is 0.938 bits per heavy atom. The van der Waals surface area contributed by atoms with Crippen LogP contribution in [0.3, 0.4) is 0 Å². The predicted molar refractivity (Wildman–Crippen MR) is 63.5 cm³/mol. The lowest BCUT2D eigenvalue weighted by Gasteiger charge is -2.23. The lowest BCUT2D eigenvalue weighted by Crippen LogP contribution is -3.00. The minimum atomic E-state index is -0.192. The number of unbranched alkanes of at least 4 members (excludes halogenated alkanes) is 2. The Kier molecular flexibility index (Phi) is 9.89. The smallest absolute Gasteiger partial charge is 0.0952 e. The van der Waals surface area contributed by atoms with Crippen LogP contribution in [-0.4, -0.2) is 44.4 Å². The van der Waals surface area contributed by atoms with E-state index in [2.05, 4.69) is 21.1 Å². The fourth-order valence-corrected chi connectivity index (χ4v) is 1.14. The Morgan fingerprint density at radius 3 is 1.94 bits per heavy atom. The summed E-state index contributed by atoms with van der Waals surface area (Å²) in [7, 11) is 6.66. The Hall–Kier alpha value is 0.360. The van der Waals surface area contributed by atoms with Crippen molar-refractivity contribution in [1.29, 1.82) is 0 Å². The second-order valence-corrected chi connectivity index (χ2v) is 6.09. The van der Waals surface area contributed by atoms with Crippen molar-refractivity contribution in [3.05, 3.63) is 0 Å². The molecule has 0 bridgehead atoms. The number of rotatable bonds is 7. The lowest BCUT2D eigenvalue weighted by molar-refractivity contribution is -0.870. The van der Waals surface area contributed by atoms with Crippen molar-refractivity contribution in [3.8, 4) is 0 Å². The maximum absolute atomic E-state index is 5.17. The molecule has 0 rings (SSSR count). The van der Waals surface area contributed by atoms with Crippen molar-refractivity contribution in [1.82, 2.24) is 0 Å². The van der Waals surface area contributed by atoms with Crippen LogP contribution in [0.5, 0.6) is 0 Å². The van der Waals surface area contributed by atoms with Crippen molar-refractivity contribution in [2.24, 2.45) is 0 Å². The van der Waals surface area contributed by atoms with Crippen LogP contribution >= 0.6 is 0 Å². The van der Waals surface area contributed by atoms with Gasteiger partial charge in [0.2, 0.25) is 0 Å². The van der Waals surface area contributed by atoms with Crippen molar-refractivity contribution in [2.45, 2.75) is 45.6 Å². The van der Waals surface area contributed by atoms with E-state index in [1.165, 1.54) is 19.4 Å². The predicted octanol–water partition coefficient (Wildman–Crippen LogP) is -0.386. The summed E-state index contributed by atoms with van der Waals surface area (Å²) in [4.78, 5) is 10.3. The maximum Gasteiger partial charge on any atom is 0.0952 e. The third-order valence-electron chi connectivity index (χ3n) is 1.87. The maximum atomic E-state index is 5.17.